The van der Waals surface area contributed by atoms with Crippen molar-refractivity contribution in [2.24, 2.45) is 0 Å². The number of carbonyl (C=O) groups excluding carboxylic acids is 1. The van der Waals surface area contributed by atoms with Crippen LogP contribution in [0.25, 0.3) is 0 Å². The Hall–Kier alpha value is -0.650. The SMILES string of the molecule is CCN1CCC(N(C)CC(NC(C)C)C(=O)OC)CC1. The summed E-state index contributed by atoms with van der Waals surface area (Å²) in [7, 11) is 3.57. The number of rotatable bonds is 7. The summed E-state index contributed by atoms with van der Waals surface area (Å²) in [6, 6.07) is 0.600. The number of likely N-dealkylation sites (tertiary alicyclic amines) is 1. The molecule has 1 rings (SSSR count). The first kappa shape index (κ1) is 17.4. The van der Waals surface area contributed by atoms with E-state index in [2.05, 4.69) is 42.9 Å². The van der Waals surface area contributed by atoms with Gasteiger partial charge in [-0.3, -0.25) is 4.79 Å². The second kappa shape index (κ2) is 8.60. The number of hydrogen-bond donors (Lipinski definition) is 1. The highest BCUT2D eigenvalue weighted by molar-refractivity contribution is 5.76. The standard InChI is InChI=1S/C15H31N3O2/c1-6-18-9-7-13(8-10-18)17(4)11-14(15(19)20-5)16-12(2)3/h12-14,16H,6-11H2,1-5H3. The summed E-state index contributed by atoms with van der Waals surface area (Å²) in [5.41, 5.74) is 0. The fraction of sp³-hybridized carbons (Fsp3) is 0.933. The third kappa shape index (κ3) is 5.38. The van der Waals surface area contributed by atoms with Crippen LogP contribution in [0.5, 0.6) is 0 Å². The van der Waals surface area contributed by atoms with Crippen molar-refractivity contribution in [2.75, 3.05) is 40.3 Å². The minimum atomic E-state index is -0.241. The number of ether oxygens (including phenoxy) is 1. The molecule has 1 aliphatic rings. The predicted octanol–water partition coefficient (Wildman–Crippen LogP) is 0.942. The van der Waals surface area contributed by atoms with Crippen LogP contribution in [-0.2, 0) is 9.53 Å². The van der Waals surface area contributed by atoms with Gasteiger partial charge in [0.15, 0.2) is 0 Å². The van der Waals surface area contributed by atoms with E-state index < -0.39 is 0 Å². The van der Waals surface area contributed by atoms with Gasteiger partial charge in [-0.15, -0.1) is 0 Å². The van der Waals surface area contributed by atoms with Crippen LogP contribution < -0.4 is 5.32 Å². The number of likely N-dealkylation sites (N-methyl/N-ethyl adjacent to an activating group) is 1. The van der Waals surface area contributed by atoms with E-state index >= 15 is 0 Å². The van der Waals surface area contributed by atoms with E-state index in [1.54, 1.807) is 0 Å². The highest BCUT2D eigenvalue weighted by Gasteiger charge is 2.27. The molecule has 1 unspecified atom stereocenters. The number of nitrogens with one attached hydrogen (secondary N) is 1. The molecular formula is C15H31N3O2. The van der Waals surface area contributed by atoms with Gasteiger partial charge in [-0.2, -0.15) is 0 Å². The predicted molar refractivity (Wildman–Crippen MR) is 81.8 cm³/mol. The van der Waals surface area contributed by atoms with Crippen molar-refractivity contribution in [3.63, 3.8) is 0 Å². The zero-order valence-corrected chi connectivity index (χ0v) is 13.7. The first-order valence-corrected chi connectivity index (χ1v) is 7.74. The summed E-state index contributed by atoms with van der Waals surface area (Å²) in [6.45, 7) is 10.5. The van der Waals surface area contributed by atoms with E-state index in [1.165, 1.54) is 20.0 Å². The zero-order chi connectivity index (χ0) is 15.1. The van der Waals surface area contributed by atoms with E-state index in [4.69, 9.17) is 4.74 Å². The van der Waals surface area contributed by atoms with Crippen molar-refractivity contribution in [1.29, 1.82) is 0 Å². The van der Waals surface area contributed by atoms with Crippen molar-refractivity contribution in [2.45, 2.75) is 51.7 Å². The molecule has 0 aromatic rings. The Morgan fingerprint density at radius 2 is 2.00 bits per heavy atom. The van der Waals surface area contributed by atoms with Gasteiger partial charge in [-0.1, -0.05) is 20.8 Å². The fourth-order valence-electron chi connectivity index (χ4n) is 2.85. The van der Waals surface area contributed by atoms with Crippen LogP contribution in [0.3, 0.4) is 0 Å². The molecule has 0 aromatic carbocycles. The van der Waals surface area contributed by atoms with Crippen LogP contribution in [-0.4, -0.2) is 74.2 Å². The zero-order valence-electron chi connectivity index (χ0n) is 13.7. The first-order chi connectivity index (χ1) is 9.47. The van der Waals surface area contributed by atoms with Gasteiger partial charge < -0.3 is 19.9 Å². The lowest BCUT2D eigenvalue weighted by atomic mass is 10.0. The van der Waals surface area contributed by atoms with Gasteiger partial charge in [0.2, 0.25) is 0 Å². The van der Waals surface area contributed by atoms with Crippen LogP contribution >= 0.6 is 0 Å². The Morgan fingerprint density at radius 3 is 2.45 bits per heavy atom. The summed E-state index contributed by atoms with van der Waals surface area (Å²) in [4.78, 5) is 16.6. The molecule has 1 fully saturated rings. The molecule has 0 radical (unpaired) electrons. The molecule has 0 aliphatic carbocycles. The minimum Gasteiger partial charge on any atom is -0.468 e. The third-order valence-electron chi connectivity index (χ3n) is 4.12. The van der Waals surface area contributed by atoms with Gasteiger partial charge in [0, 0.05) is 18.6 Å². The second-order valence-corrected chi connectivity index (χ2v) is 6.00. The van der Waals surface area contributed by atoms with Gasteiger partial charge in [-0.25, -0.2) is 0 Å². The average molecular weight is 285 g/mol. The van der Waals surface area contributed by atoms with Gasteiger partial charge >= 0.3 is 5.97 Å². The van der Waals surface area contributed by atoms with Crippen LogP contribution in [0.1, 0.15) is 33.6 Å². The monoisotopic (exact) mass is 285 g/mol. The molecule has 1 atom stereocenters. The molecule has 0 saturated carbocycles. The molecule has 0 spiro atoms. The quantitative estimate of drug-likeness (QED) is 0.705. The average Bonchev–Trinajstić information content (AvgIpc) is 2.45. The Labute approximate surface area is 123 Å². The molecular weight excluding hydrogens is 254 g/mol. The third-order valence-corrected chi connectivity index (χ3v) is 4.12. The normalized spacial score (nSPS) is 19.6. The molecule has 5 nitrogen and oxygen atoms in total. The summed E-state index contributed by atoms with van der Waals surface area (Å²) in [5.74, 6) is -0.170. The van der Waals surface area contributed by atoms with E-state index in [0.717, 1.165) is 19.6 Å². The summed E-state index contributed by atoms with van der Waals surface area (Å²) in [5, 5.41) is 3.29. The topological polar surface area (TPSA) is 44.8 Å². The lowest BCUT2D eigenvalue weighted by Crippen LogP contribution is -2.52. The van der Waals surface area contributed by atoms with Gasteiger partial charge in [0.05, 0.1) is 7.11 Å². The molecule has 0 amide bonds. The first-order valence-electron chi connectivity index (χ1n) is 7.74. The molecule has 1 aliphatic heterocycles. The second-order valence-electron chi connectivity index (χ2n) is 6.00. The van der Waals surface area contributed by atoms with Crippen molar-refractivity contribution >= 4 is 5.97 Å². The maximum absolute atomic E-state index is 11.8. The molecule has 0 bridgehead atoms. The number of carbonyl (C=O) groups is 1. The van der Waals surface area contributed by atoms with E-state index in [-0.39, 0.29) is 18.1 Å². The Bertz CT molecular complexity index is 289. The lowest BCUT2D eigenvalue weighted by molar-refractivity contribution is -0.144. The summed E-state index contributed by atoms with van der Waals surface area (Å²) in [6.07, 6.45) is 2.36. The van der Waals surface area contributed by atoms with Crippen LogP contribution in [0, 0.1) is 0 Å². The number of hydrogen-bond acceptors (Lipinski definition) is 5. The maximum atomic E-state index is 11.8. The lowest BCUT2D eigenvalue weighted by Gasteiger charge is -2.37. The van der Waals surface area contributed by atoms with Crippen molar-refractivity contribution < 1.29 is 9.53 Å². The number of esters is 1. The molecule has 1 saturated heterocycles. The van der Waals surface area contributed by atoms with Crippen LogP contribution in [0.2, 0.25) is 0 Å². The van der Waals surface area contributed by atoms with Gasteiger partial charge in [0.25, 0.3) is 0 Å². The van der Waals surface area contributed by atoms with Crippen molar-refractivity contribution in [3.8, 4) is 0 Å². The summed E-state index contributed by atoms with van der Waals surface area (Å²) >= 11 is 0. The molecule has 20 heavy (non-hydrogen) atoms. The largest absolute Gasteiger partial charge is 0.468 e. The molecule has 1 N–H and O–H groups in total. The van der Waals surface area contributed by atoms with Gasteiger partial charge in [-0.05, 0) is 39.5 Å². The van der Waals surface area contributed by atoms with Crippen molar-refractivity contribution in [1.82, 2.24) is 15.1 Å². The van der Waals surface area contributed by atoms with E-state index in [9.17, 15) is 4.79 Å². The number of methoxy groups -OCH3 is 1. The Morgan fingerprint density at radius 1 is 1.40 bits per heavy atom. The van der Waals surface area contributed by atoms with Crippen molar-refractivity contribution in [3.05, 3.63) is 0 Å². The summed E-state index contributed by atoms with van der Waals surface area (Å²) < 4.78 is 4.90. The minimum absolute atomic E-state index is 0.170. The highest BCUT2D eigenvalue weighted by Crippen LogP contribution is 2.15. The fourth-order valence-corrected chi connectivity index (χ4v) is 2.85. The molecule has 0 aromatic heterocycles. The Kier molecular flexibility index (Phi) is 7.48. The Balaban J connectivity index is 2.49. The smallest absolute Gasteiger partial charge is 0.324 e. The number of piperidine rings is 1. The molecule has 118 valence electrons. The highest BCUT2D eigenvalue weighted by atomic mass is 16.5. The maximum Gasteiger partial charge on any atom is 0.324 e. The molecule has 5 heteroatoms. The van der Waals surface area contributed by atoms with Crippen LogP contribution in [0.15, 0.2) is 0 Å². The number of nitrogens with zero attached hydrogens (tertiary/aromatic N) is 2. The van der Waals surface area contributed by atoms with E-state index in [0.29, 0.717) is 12.6 Å². The van der Waals surface area contributed by atoms with E-state index in [1.807, 2.05) is 0 Å². The van der Waals surface area contributed by atoms with Gasteiger partial charge in [0.1, 0.15) is 6.04 Å². The van der Waals surface area contributed by atoms with Crippen LogP contribution in [0.4, 0.5) is 0 Å². The molecule has 1 heterocycles.